The van der Waals surface area contributed by atoms with Crippen LogP contribution in [0, 0.1) is 27.6 Å². The molecule has 1 aliphatic carbocycles. The Labute approximate surface area is 148 Å². The third-order valence-electron chi connectivity index (χ3n) is 6.38. The van der Waals surface area contributed by atoms with Gasteiger partial charge in [0.2, 0.25) is 0 Å². The average Bonchev–Trinajstić information content (AvgIpc) is 2.93. The van der Waals surface area contributed by atoms with Crippen LogP contribution in [0.5, 0.6) is 0 Å². The molecule has 1 rings (SSSR count). The maximum atomic E-state index is 9.35. The van der Waals surface area contributed by atoms with Crippen LogP contribution < -0.4 is 0 Å². The van der Waals surface area contributed by atoms with Gasteiger partial charge in [-0.1, -0.05) is 83.1 Å². The van der Waals surface area contributed by atoms with Crippen molar-refractivity contribution in [1.29, 1.82) is 0 Å². The Morgan fingerprint density at radius 1 is 0.739 bits per heavy atom. The Hall–Kier alpha value is -0.0400. The van der Waals surface area contributed by atoms with E-state index in [0.29, 0.717) is 16.2 Å². The summed E-state index contributed by atoms with van der Waals surface area (Å²) in [6, 6.07) is 0. The zero-order valence-corrected chi connectivity index (χ0v) is 18.9. The minimum atomic E-state index is -0.562. The predicted molar refractivity (Wildman–Crippen MR) is 107 cm³/mol. The van der Waals surface area contributed by atoms with Gasteiger partial charge in [0.05, 0.1) is 5.60 Å². The first-order valence-corrected chi connectivity index (χ1v) is 9.37. The Bertz CT molecular complexity index is 286. The van der Waals surface area contributed by atoms with Crippen LogP contribution in [0.1, 0.15) is 110 Å². The predicted octanol–water partition coefficient (Wildman–Crippen LogP) is 7.32. The quantitative estimate of drug-likeness (QED) is 0.493. The molecule has 1 heteroatoms. The van der Waals surface area contributed by atoms with E-state index >= 15 is 0 Å². The molecule has 0 aromatic rings. The largest absolute Gasteiger partial charge is 0.390 e. The highest BCUT2D eigenvalue weighted by atomic mass is 16.3. The molecule has 0 aromatic carbocycles. The van der Waals surface area contributed by atoms with Crippen LogP contribution >= 0.6 is 0 Å². The first-order chi connectivity index (χ1) is 9.65. The van der Waals surface area contributed by atoms with E-state index in [1.54, 1.807) is 0 Å². The van der Waals surface area contributed by atoms with Crippen molar-refractivity contribution in [3.05, 3.63) is 0 Å². The van der Waals surface area contributed by atoms with Crippen molar-refractivity contribution < 1.29 is 5.11 Å². The van der Waals surface area contributed by atoms with Crippen LogP contribution in [0.2, 0.25) is 0 Å². The fraction of sp³-hybridized carbons (Fsp3) is 1.00. The van der Waals surface area contributed by atoms with Crippen molar-refractivity contribution in [1.82, 2.24) is 0 Å². The van der Waals surface area contributed by atoms with Crippen LogP contribution in [0.4, 0.5) is 0 Å². The Kier molecular flexibility index (Phi) is 8.65. The molecule has 1 nitrogen and oxygen atoms in total. The average molecular weight is 329 g/mol. The van der Waals surface area contributed by atoms with E-state index in [1.807, 2.05) is 34.6 Å². The van der Waals surface area contributed by atoms with Crippen molar-refractivity contribution in [2.75, 3.05) is 0 Å². The molecule has 1 aliphatic rings. The second kappa shape index (κ2) is 7.89. The summed E-state index contributed by atoms with van der Waals surface area (Å²) in [6.45, 7) is 30.4. The number of hydrogen-bond acceptors (Lipinski definition) is 1. The van der Waals surface area contributed by atoms with E-state index in [2.05, 4.69) is 62.3 Å². The van der Waals surface area contributed by atoms with Gasteiger partial charge in [-0.15, -0.1) is 0 Å². The third-order valence-corrected chi connectivity index (χ3v) is 6.38. The Morgan fingerprint density at radius 3 is 0.957 bits per heavy atom. The summed E-state index contributed by atoms with van der Waals surface area (Å²) in [7, 11) is 0. The van der Waals surface area contributed by atoms with E-state index in [0.717, 1.165) is 5.92 Å². The Balaban J connectivity index is 0. The highest BCUT2D eigenvalue weighted by Gasteiger charge is 2.47. The number of hydrogen-bond donors (Lipinski definition) is 1. The van der Waals surface area contributed by atoms with E-state index in [1.165, 1.54) is 12.8 Å². The van der Waals surface area contributed by atoms with Crippen LogP contribution in [-0.2, 0) is 0 Å². The van der Waals surface area contributed by atoms with Crippen LogP contribution in [0.3, 0.4) is 0 Å². The lowest BCUT2D eigenvalue weighted by atomic mass is 9.79. The second-order valence-electron chi connectivity index (χ2n) is 11.6. The van der Waals surface area contributed by atoms with Gasteiger partial charge in [0.15, 0.2) is 0 Å². The van der Waals surface area contributed by atoms with Gasteiger partial charge < -0.3 is 5.11 Å². The molecule has 0 amide bonds. The number of aliphatic hydroxyl groups is 1. The molecule has 0 aliphatic heterocycles. The molecule has 142 valence electrons. The van der Waals surface area contributed by atoms with E-state index < -0.39 is 5.60 Å². The highest BCUT2D eigenvalue weighted by molar-refractivity contribution is 4.97. The third kappa shape index (κ3) is 10.4. The van der Waals surface area contributed by atoms with Gasteiger partial charge in [-0.3, -0.25) is 0 Å². The molecule has 0 spiro atoms. The Morgan fingerprint density at radius 2 is 0.957 bits per heavy atom. The number of rotatable bonds is 0. The highest BCUT2D eigenvalue weighted by Crippen LogP contribution is 2.57. The summed E-state index contributed by atoms with van der Waals surface area (Å²) in [5.41, 5.74) is 1.17. The smallest absolute Gasteiger partial charge is 0.0639 e. The van der Waals surface area contributed by atoms with Gasteiger partial charge in [-0.05, 0) is 54.3 Å². The van der Waals surface area contributed by atoms with Crippen LogP contribution in [-0.4, -0.2) is 10.7 Å². The first kappa shape index (κ1) is 25.2. The maximum absolute atomic E-state index is 9.35. The van der Waals surface area contributed by atoms with Gasteiger partial charge in [0.25, 0.3) is 0 Å². The van der Waals surface area contributed by atoms with Gasteiger partial charge in [0.1, 0.15) is 0 Å². The standard InChI is InChI=1S/C8H16.C7H16O.C7H16/c1-7(2,3)8(4)5-6-8;1-6(2,3)7(4,5)8;1-6(2)7(3,4)5/h5-6H2,1-4H3;8H,1-5H3;6H,1-5H3. The summed E-state index contributed by atoms with van der Waals surface area (Å²) in [5, 5.41) is 9.35. The lowest BCUT2D eigenvalue weighted by Gasteiger charge is -2.33. The molecule has 0 atom stereocenters. The zero-order valence-electron chi connectivity index (χ0n) is 18.9. The molecule has 0 radical (unpaired) electrons. The van der Waals surface area contributed by atoms with Crippen LogP contribution in [0.25, 0.3) is 0 Å². The maximum Gasteiger partial charge on any atom is 0.0639 e. The van der Waals surface area contributed by atoms with Crippen molar-refractivity contribution in [3.8, 4) is 0 Å². The SMILES string of the molecule is CC(C)(C)C(C)(C)O.CC(C)(C)C1(C)CC1.CC(C)C(C)(C)C. The van der Waals surface area contributed by atoms with Crippen molar-refractivity contribution in [3.63, 3.8) is 0 Å². The van der Waals surface area contributed by atoms with Gasteiger partial charge in [-0.25, -0.2) is 0 Å². The fourth-order valence-corrected chi connectivity index (χ4v) is 0.937. The topological polar surface area (TPSA) is 20.2 Å². The molecule has 1 fully saturated rings. The normalized spacial score (nSPS) is 17.7. The summed E-state index contributed by atoms with van der Waals surface area (Å²) in [4.78, 5) is 0. The van der Waals surface area contributed by atoms with Crippen molar-refractivity contribution >= 4 is 0 Å². The molecule has 0 unspecified atom stereocenters. The van der Waals surface area contributed by atoms with E-state index in [9.17, 15) is 5.11 Å². The summed E-state index contributed by atoms with van der Waals surface area (Å²) >= 11 is 0. The van der Waals surface area contributed by atoms with E-state index in [4.69, 9.17) is 0 Å². The van der Waals surface area contributed by atoms with Gasteiger partial charge in [0, 0.05) is 0 Å². The summed E-state index contributed by atoms with van der Waals surface area (Å²) in [6.07, 6.45) is 2.88. The van der Waals surface area contributed by atoms with E-state index in [-0.39, 0.29) is 5.41 Å². The first-order valence-electron chi connectivity index (χ1n) is 9.37. The molecular formula is C22H48O. The molecule has 0 bridgehead atoms. The zero-order chi connectivity index (χ0) is 19.5. The lowest BCUT2D eigenvalue weighted by molar-refractivity contribution is -0.0238. The van der Waals surface area contributed by atoms with Crippen LogP contribution in [0.15, 0.2) is 0 Å². The van der Waals surface area contributed by atoms with Gasteiger partial charge >= 0.3 is 0 Å². The molecule has 1 saturated carbocycles. The summed E-state index contributed by atoms with van der Waals surface area (Å²) in [5.74, 6) is 0.799. The molecule has 1 N–H and O–H groups in total. The second-order valence-corrected chi connectivity index (χ2v) is 11.6. The molecule has 0 saturated heterocycles. The van der Waals surface area contributed by atoms with Crippen molar-refractivity contribution in [2.24, 2.45) is 27.6 Å². The molecular weight excluding hydrogens is 280 g/mol. The molecule has 23 heavy (non-hydrogen) atoms. The molecule has 0 heterocycles. The lowest BCUT2D eigenvalue weighted by Crippen LogP contribution is -2.35. The minimum absolute atomic E-state index is 0.00694. The summed E-state index contributed by atoms with van der Waals surface area (Å²) < 4.78 is 0. The monoisotopic (exact) mass is 328 g/mol. The minimum Gasteiger partial charge on any atom is -0.390 e. The fourth-order valence-electron chi connectivity index (χ4n) is 0.937. The molecule has 0 aromatic heterocycles. The van der Waals surface area contributed by atoms with Gasteiger partial charge in [-0.2, -0.15) is 0 Å². The van der Waals surface area contributed by atoms with Crippen molar-refractivity contribution in [2.45, 2.75) is 115 Å².